The maximum atomic E-state index is 13.4. The zero-order valence-electron chi connectivity index (χ0n) is 20.0. The normalized spacial score (nSPS) is 18.2. The van der Waals surface area contributed by atoms with Crippen molar-refractivity contribution in [3.63, 3.8) is 0 Å². The molecule has 0 bridgehead atoms. The molecular weight excluding hydrogens is 429 g/mol. The lowest BCUT2D eigenvalue weighted by Gasteiger charge is -2.39. The topological polar surface area (TPSA) is 67.2 Å². The number of hydrogen-bond donors (Lipinski definition) is 2. The Kier molecular flexibility index (Phi) is 6.98. The van der Waals surface area contributed by atoms with E-state index in [1.54, 1.807) is 12.1 Å². The summed E-state index contributed by atoms with van der Waals surface area (Å²) in [6, 6.07) is 13.9. The summed E-state index contributed by atoms with van der Waals surface area (Å²) in [5, 5.41) is 18.8. The fourth-order valence-corrected chi connectivity index (χ4v) is 4.97. The van der Waals surface area contributed by atoms with Crippen LogP contribution >= 0.6 is 0 Å². The van der Waals surface area contributed by atoms with Crippen LogP contribution in [0.1, 0.15) is 60.8 Å². The van der Waals surface area contributed by atoms with Gasteiger partial charge < -0.3 is 10.4 Å². The molecule has 1 heterocycles. The molecule has 6 heteroatoms. The number of halogens is 1. The number of aryl methyl sites for hydroxylation is 1. The van der Waals surface area contributed by atoms with Crippen molar-refractivity contribution in [2.24, 2.45) is 5.41 Å². The Morgan fingerprint density at radius 3 is 2.65 bits per heavy atom. The Morgan fingerprint density at radius 2 is 1.94 bits per heavy atom. The quantitative estimate of drug-likeness (QED) is 0.490. The maximum absolute atomic E-state index is 13.4. The molecule has 178 valence electrons. The molecule has 0 aliphatic heterocycles. The van der Waals surface area contributed by atoms with Crippen LogP contribution in [0.4, 0.5) is 4.39 Å². The van der Waals surface area contributed by atoms with Gasteiger partial charge in [0.2, 0.25) is 0 Å². The van der Waals surface area contributed by atoms with Crippen LogP contribution in [0.5, 0.6) is 0 Å². The fraction of sp³-hybridized carbons (Fsp3) is 0.357. The van der Waals surface area contributed by atoms with Crippen molar-refractivity contribution in [3.8, 4) is 5.69 Å². The van der Waals surface area contributed by atoms with E-state index in [1.807, 2.05) is 42.1 Å². The molecule has 0 spiro atoms. The van der Waals surface area contributed by atoms with Gasteiger partial charge in [0.1, 0.15) is 5.82 Å². The maximum Gasteiger partial charge on any atom is 0.251 e. The number of fused-ring (bicyclic) bond motifs is 1. The Hall–Kier alpha value is -3.25. The molecule has 0 saturated carbocycles. The van der Waals surface area contributed by atoms with Crippen LogP contribution in [0.15, 0.2) is 60.3 Å². The van der Waals surface area contributed by atoms with Crippen molar-refractivity contribution in [2.75, 3.05) is 6.54 Å². The SMILES string of the molecule is CCNC(=O)c1ccccc1CC[C@H](O)C1(C)Cc2cnn(-c3ccc(F)cc3)c2C=C1CC. The lowest BCUT2D eigenvalue weighted by atomic mass is 9.67. The van der Waals surface area contributed by atoms with E-state index in [2.05, 4.69) is 30.3 Å². The van der Waals surface area contributed by atoms with Crippen LogP contribution in [0.2, 0.25) is 0 Å². The van der Waals surface area contributed by atoms with E-state index in [0.717, 1.165) is 34.5 Å². The van der Waals surface area contributed by atoms with Gasteiger partial charge in [-0.05, 0) is 80.1 Å². The molecule has 0 saturated heterocycles. The highest BCUT2D eigenvalue weighted by Crippen LogP contribution is 2.44. The predicted octanol–water partition coefficient (Wildman–Crippen LogP) is 5.11. The van der Waals surface area contributed by atoms with Gasteiger partial charge in [0.05, 0.1) is 23.7 Å². The van der Waals surface area contributed by atoms with Crippen LogP contribution in [0.3, 0.4) is 0 Å². The molecule has 3 aromatic rings. The van der Waals surface area contributed by atoms with Crippen molar-refractivity contribution >= 4 is 12.0 Å². The van der Waals surface area contributed by atoms with Crippen molar-refractivity contribution < 1.29 is 14.3 Å². The molecule has 1 amide bonds. The number of rotatable bonds is 8. The Bertz CT molecular complexity index is 1200. The second kappa shape index (κ2) is 9.94. The molecule has 34 heavy (non-hydrogen) atoms. The van der Waals surface area contributed by atoms with Gasteiger partial charge >= 0.3 is 0 Å². The number of carbonyl (C=O) groups excluding carboxylic acids is 1. The molecule has 4 rings (SSSR count). The summed E-state index contributed by atoms with van der Waals surface area (Å²) in [4.78, 5) is 12.4. The summed E-state index contributed by atoms with van der Waals surface area (Å²) in [6.07, 6.45) is 6.02. The number of aliphatic hydroxyl groups excluding tert-OH is 1. The molecule has 1 unspecified atom stereocenters. The van der Waals surface area contributed by atoms with Crippen molar-refractivity contribution in [3.05, 3.63) is 88.5 Å². The third-order valence-electron chi connectivity index (χ3n) is 6.96. The number of carbonyl (C=O) groups is 1. The number of aromatic nitrogens is 2. The summed E-state index contributed by atoms with van der Waals surface area (Å²) < 4.78 is 15.2. The third-order valence-corrected chi connectivity index (χ3v) is 6.96. The molecule has 0 radical (unpaired) electrons. The van der Waals surface area contributed by atoms with Crippen LogP contribution < -0.4 is 5.32 Å². The zero-order chi connectivity index (χ0) is 24.3. The smallest absolute Gasteiger partial charge is 0.251 e. The van der Waals surface area contributed by atoms with E-state index in [-0.39, 0.29) is 11.7 Å². The first kappa shape index (κ1) is 23.9. The van der Waals surface area contributed by atoms with Gasteiger partial charge in [-0.3, -0.25) is 4.79 Å². The van der Waals surface area contributed by atoms with Crippen molar-refractivity contribution in [1.82, 2.24) is 15.1 Å². The van der Waals surface area contributed by atoms with E-state index in [0.29, 0.717) is 31.4 Å². The lowest BCUT2D eigenvalue weighted by Crippen LogP contribution is -2.38. The summed E-state index contributed by atoms with van der Waals surface area (Å²) in [6.45, 7) is 6.69. The van der Waals surface area contributed by atoms with Gasteiger partial charge in [0.15, 0.2) is 0 Å². The standard InChI is InChI=1S/C28H32FN3O2/c1-4-21-16-25-20(18-31-32(25)23-13-11-22(29)12-14-23)17-28(21,3)26(33)15-10-19-8-6-7-9-24(19)27(34)30-5-2/h6-9,11-14,16,18,26,33H,4-5,10,15,17H2,1-3H3,(H,30,34)/t26-,28?/m0/s1. The van der Waals surface area contributed by atoms with E-state index in [1.165, 1.54) is 12.1 Å². The molecule has 2 atom stereocenters. The number of aliphatic hydroxyl groups is 1. The van der Waals surface area contributed by atoms with Crippen LogP contribution in [-0.4, -0.2) is 33.4 Å². The van der Waals surface area contributed by atoms with E-state index in [9.17, 15) is 14.3 Å². The number of hydrogen-bond acceptors (Lipinski definition) is 3. The number of nitrogens with one attached hydrogen (secondary N) is 1. The Labute approximate surface area is 200 Å². The second-order valence-electron chi connectivity index (χ2n) is 9.13. The van der Waals surface area contributed by atoms with E-state index in [4.69, 9.17) is 0 Å². The molecular formula is C28H32FN3O2. The molecule has 1 aromatic heterocycles. The van der Waals surface area contributed by atoms with Gasteiger partial charge in [-0.15, -0.1) is 0 Å². The first-order valence-electron chi connectivity index (χ1n) is 12.0. The third kappa shape index (κ3) is 4.55. The lowest BCUT2D eigenvalue weighted by molar-refractivity contribution is 0.0530. The highest BCUT2D eigenvalue weighted by molar-refractivity contribution is 5.95. The summed E-state index contributed by atoms with van der Waals surface area (Å²) >= 11 is 0. The molecule has 2 aromatic carbocycles. The fourth-order valence-electron chi connectivity index (χ4n) is 4.97. The summed E-state index contributed by atoms with van der Waals surface area (Å²) in [7, 11) is 0. The first-order chi connectivity index (χ1) is 16.4. The van der Waals surface area contributed by atoms with Gasteiger partial charge in [-0.2, -0.15) is 5.10 Å². The molecule has 2 N–H and O–H groups in total. The van der Waals surface area contributed by atoms with Crippen LogP contribution in [-0.2, 0) is 12.8 Å². The largest absolute Gasteiger partial charge is 0.392 e. The van der Waals surface area contributed by atoms with Gasteiger partial charge in [0, 0.05) is 17.5 Å². The van der Waals surface area contributed by atoms with Gasteiger partial charge in [0.25, 0.3) is 5.91 Å². The average molecular weight is 462 g/mol. The van der Waals surface area contributed by atoms with E-state index >= 15 is 0 Å². The van der Waals surface area contributed by atoms with Crippen molar-refractivity contribution in [2.45, 2.75) is 52.6 Å². The molecule has 0 fully saturated rings. The number of benzene rings is 2. The number of nitrogens with zero attached hydrogens (tertiary/aromatic N) is 2. The number of amides is 1. The zero-order valence-corrected chi connectivity index (χ0v) is 20.0. The van der Waals surface area contributed by atoms with Crippen molar-refractivity contribution in [1.29, 1.82) is 0 Å². The highest BCUT2D eigenvalue weighted by Gasteiger charge is 2.40. The Morgan fingerprint density at radius 1 is 1.21 bits per heavy atom. The van der Waals surface area contributed by atoms with Gasteiger partial charge in [-0.25, -0.2) is 9.07 Å². The first-order valence-corrected chi connectivity index (χ1v) is 12.0. The predicted molar refractivity (Wildman–Crippen MR) is 132 cm³/mol. The highest BCUT2D eigenvalue weighted by atomic mass is 19.1. The monoisotopic (exact) mass is 461 g/mol. The minimum absolute atomic E-state index is 0.0801. The minimum atomic E-state index is -0.580. The molecule has 1 aliphatic carbocycles. The average Bonchev–Trinajstić information content (AvgIpc) is 3.24. The van der Waals surface area contributed by atoms with Gasteiger partial charge in [-0.1, -0.05) is 37.6 Å². The second-order valence-corrected chi connectivity index (χ2v) is 9.13. The molecule has 5 nitrogen and oxygen atoms in total. The Balaban J connectivity index is 1.57. The van der Waals surface area contributed by atoms with Crippen LogP contribution in [0.25, 0.3) is 11.8 Å². The minimum Gasteiger partial charge on any atom is -0.392 e. The van der Waals surface area contributed by atoms with Crippen LogP contribution in [0, 0.1) is 11.2 Å². The summed E-state index contributed by atoms with van der Waals surface area (Å²) in [5.74, 6) is -0.359. The molecule has 1 aliphatic rings. The summed E-state index contributed by atoms with van der Waals surface area (Å²) in [5.41, 5.74) is 5.19. The van der Waals surface area contributed by atoms with E-state index < -0.39 is 11.5 Å².